The van der Waals surface area contributed by atoms with E-state index in [4.69, 9.17) is 4.74 Å². The van der Waals surface area contributed by atoms with Gasteiger partial charge in [0.2, 0.25) is 0 Å². The maximum absolute atomic E-state index is 13.5. The van der Waals surface area contributed by atoms with Crippen LogP contribution in [0, 0.1) is 13.8 Å². The van der Waals surface area contributed by atoms with Crippen LogP contribution in [0.3, 0.4) is 0 Å². The average molecular weight is 599 g/mol. The molecule has 0 heterocycles. The quantitative estimate of drug-likeness (QED) is 0.178. The van der Waals surface area contributed by atoms with Crippen LogP contribution in [0.1, 0.15) is 35.2 Å². The molecule has 4 aromatic rings. The summed E-state index contributed by atoms with van der Waals surface area (Å²) in [7, 11) is -4.02. The molecule has 4 aromatic carbocycles. The Morgan fingerprint density at radius 2 is 1.51 bits per heavy atom. The van der Waals surface area contributed by atoms with Crippen LogP contribution in [0.5, 0.6) is 5.75 Å². The number of carbonyl (C=O) groups excluding carboxylic acids is 2. The summed E-state index contributed by atoms with van der Waals surface area (Å²) in [6.45, 7) is 5.01. The predicted molar refractivity (Wildman–Crippen MR) is 168 cm³/mol. The third-order valence-corrected chi connectivity index (χ3v) is 8.57. The second-order valence-corrected chi connectivity index (χ2v) is 11.8. The number of carbonyl (C=O) groups is 2. The minimum atomic E-state index is -4.02. The molecule has 0 aliphatic heterocycles. The van der Waals surface area contributed by atoms with Gasteiger partial charge >= 0.3 is 0 Å². The number of hydrazone groups is 1. The van der Waals surface area contributed by atoms with E-state index in [1.54, 1.807) is 54.6 Å². The number of nitrogens with zero attached hydrogens (tertiary/aromatic N) is 2. The number of hydrogen-bond donors (Lipinski definition) is 2. The first-order chi connectivity index (χ1) is 20.6. The second-order valence-electron chi connectivity index (χ2n) is 9.89. The topological polar surface area (TPSA) is 117 Å². The van der Waals surface area contributed by atoms with Gasteiger partial charge in [-0.3, -0.25) is 13.9 Å². The maximum atomic E-state index is 13.5. The Labute approximate surface area is 252 Å². The fraction of sp³-hybridized carbons (Fsp3) is 0.182. The standard InChI is InChI=1S/C33H34N4O5S/c1-24-11-10-16-31(25(24)2)37(43(40,41)30-14-8-5-9-15-30)22-32(38)36-34-21-27-17-19-29(20-18-27)42-23-33(39)35-26(3)28-12-6-4-7-13-28/h4-21,26H,22-23H2,1-3H3,(H,35,39)(H,36,38)/b34-21-/t26-/m1/s1. The fourth-order valence-corrected chi connectivity index (χ4v) is 5.78. The van der Waals surface area contributed by atoms with Gasteiger partial charge in [0.05, 0.1) is 22.8 Å². The Morgan fingerprint density at radius 3 is 2.19 bits per heavy atom. The van der Waals surface area contributed by atoms with Crippen molar-refractivity contribution in [1.82, 2.24) is 10.7 Å². The molecule has 43 heavy (non-hydrogen) atoms. The van der Waals surface area contributed by atoms with Gasteiger partial charge in [0, 0.05) is 0 Å². The SMILES string of the molecule is Cc1cccc(N(CC(=O)N/N=C\c2ccc(OCC(=O)N[C@H](C)c3ccccc3)cc2)S(=O)(=O)c2ccccc2)c1C. The normalized spacial score (nSPS) is 12.0. The summed E-state index contributed by atoms with van der Waals surface area (Å²) in [5.74, 6) is -0.347. The van der Waals surface area contributed by atoms with Crippen molar-refractivity contribution in [3.05, 3.63) is 125 Å². The minimum absolute atomic E-state index is 0.0812. The van der Waals surface area contributed by atoms with Crippen LogP contribution >= 0.6 is 0 Å². The summed E-state index contributed by atoms with van der Waals surface area (Å²) in [5, 5.41) is 6.90. The molecular formula is C33H34N4O5S. The van der Waals surface area contributed by atoms with Gasteiger partial charge in [-0.05, 0) is 85.5 Å². The number of ether oxygens (including phenoxy) is 1. The van der Waals surface area contributed by atoms with Gasteiger partial charge in [-0.25, -0.2) is 13.8 Å². The van der Waals surface area contributed by atoms with Crippen molar-refractivity contribution in [1.29, 1.82) is 0 Å². The van der Waals surface area contributed by atoms with E-state index in [1.165, 1.54) is 18.3 Å². The molecule has 0 spiro atoms. The third kappa shape index (κ3) is 8.30. The monoisotopic (exact) mass is 598 g/mol. The Balaban J connectivity index is 1.34. The van der Waals surface area contributed by atoms with Crippen molar-refractivity contribution in [2.24, 2.45) is 5.10 Å². The zero-order chi connectivity index (χ0) is 30.8. The van der Waals surface area contributed by atoms with Gasteiger partial charge < -0.3 is 10.1 Å². The van der Waals surface area contributed by atoms with E-state index in [1.807, 2.05) is 57.2 Å². The lowest BCUT2D eigenvalue weighted by atomic mass is 10.1. The van der Waals surface area contributed by atoms with Gasteiger partial charge in [0.25, 0.3) is 21.8 Å². The van der Waals surface area contributed by atoms with E-state index < -0.39 is 22.5 Å². The molecule has 4 rings (SSSR count). The zero-order valence-electron chi connectivity index (χ0n) is 24.2. The van der Waals surface area contributed by atoms with Crippen molar-refractivity contribution < 1.29 is 22.7 Å². The molecule has 0 saturated heterocycles. The van der Waals surface area contributed by atoms with Gasteiger partial charge in [-0.2, -0.15) is 5.10 Å². The summed E-state index contributed by atoms with van der Waals surface area (Å²) < 4.78 is 33.8. The van der Waals surface area contributed by atoms with Crippen LogP contribution in [0.25, 0.3) is 0 Å². The van der Waals surface area contributed by atoms with Crippen LogP contribution in [-0.4, -0.2) is 39.6 Å². The Bertz CT molecular complexity index is 1680. The molecule has 0 radical (unpaired) electrons. The summed E-state index contributed by atoms with van der Waals surface area (Å²) >= 11 is 0. The molecular weight excluding hydrogens is 564 g/mol. The zero-order valence-corrected chi connectivity index (χ0v) is 25.0. The smallest absolute Gasteiger partial charge is 0.264 e. The molecule has 0 aliphatic rings. The number of rotatable bonds is 12. The number of sulfonamides is 1. The number of benzene rings is 4. The highest BCUT2D eigenvalue weighted by atomic mass is 32.2. The Kier molecular flexibility index (Phi) is 10.3. The van der Waals surface area contributed by atoms with Gasteiger partial charge in [-0.15, -0.1) is 0 Å². The lowest BCUT2D eigenvalue weighted by molar-refractivity contribution is -0.123. The molecule has 0 bridgehead atoms. The van der Waals surface area contributed by atoms with Crippen LogP contribution < -0.4 is 19.8 Å². The molecule has 0 aromatic heterocycles. The largest absolute Gasteiger partial charge is 0.484 e. The molecule has 0 unspecified atom stereocenters. The molecule has 9 nitrogen and oxygen atoms in total. The first-order valence-corrected chi connectivity index (χ1v) is 15.1. The highest BCUT2D eigenvalue weighted by Crippen LogP contribution is 2.28. The molecule has 1 atom stereocenters. The van der Waals surface area contributed by atoms with E-state index >= 15 is 0 Å². The summed E-state index contributed by atoms with van der Waals surface area (Å²) in [4.78, 5) is 25.2. The van der Waals surface area contributed by atoms with Crippen LogP contribution in [0.15, 0.2) is 113 Å². The highest BCUT2D eigenvalue weighted by Gasteiger charge is 2.28. The first kappa shape index (κ1) is 31.0. The molecule has 0 aliphatic carbocycles. The van der Waals surface area contributed by atoms with Crippen molar-refractivity contribution in [3.8, 4) is 5.75 Å². The predicted octanol–water partition coefficient (Wildman–Crippen LogP) is 4.91. The Morgan fingerprint density at radius 1 is 0.860 bits per heavy atom. The van der Waals surface area contributed by atoms with Crippen LogP contribution in [0.2, 0.25) is 0 Å². The summed E-state index contributed by atoms with van der Waals surface area (Å²) in [6, 6.07) is 29.6. The van der Waals surface area contributed by atoms with Crippen LogP contribution in [0.4, 0.5) is 5.69 Å². The van der Waals surface area contributed by atoms with E-state index in [2.05, 4.69) is 15.8 Å². The molecule has 0 fully saturated rings. The van der Waals surface area contributed by atoms with E-state index in [0.717, 1.165) is 21.0 Å². The number of nitrogens with one attached hydrogen (secondary N) is 2. The van der Waals surface area contributed by atoms with Crippen molar-refractivity contribution >= 4 is 33.7 Å². The Hall–Kier alpha value is -4.96. The van der Waals surface area contributed by atoms with Gasteiger partial charge in [-0.1, -0.05) is 60.7 Å². The minimum Gasteiger partial charge on any atom is -0.484 e. The van der Waals surface area contributed by atoms with Crippen molar-refractivity contribution in [2.45, 2.75) is 31.7 Å². The second kappa shape index (κ2) is 14.3. The molecule has 2 N–H and O–H groups in total. The summed E-state index contributed by atoms with van der Waals surface area (Å²) in [6.07, 6.45) is 1.43. The number of hydrogen-bond acceptors (Lipinski definition) is 6. The van der Waals surface area contributed by atoms with E-state index in [0.29, 0.717) is 17.0 Å². The van der Waals surface area contributed by atoms with Crippen LogP contribution in [-0.2, 0) is 19.6 Å². The number of anilines is 1. The highest BCUT2D eigenvalue weighted by molar-refractivity contribution is 7.92. The molecule has 10 heteroatoms. The number of aryl methyl sites for hydroxylation is 1. The third-order valence-electron chi connectivity index (χ3n) is 6.79. The first-order valence-electron chi connectivity index (χ1n) is 13.7. The van der Waals surface area contributed by atoms with E-state index in [9.17, 15) is 18.0 Å². The molecule has 0 saturated carbocycles. The fourth-order valence-electron chi connectivity index (χ4n) is 4.28. The molecule has 2 amide bonds. The van der Waals surface area contributed by atoms with Gasteiger partial charge in [0.1, 0.15) is 12.3 Å². The average Bonchev–Trinajstić information content (AvgIpc) is 3.02. The van der Waals surface area contributed by atoms with Gasteiger partial charge in [0.15, 0.2) is 6.61 Å². The summed E-state index contributed by atoms with van der Waals surface area (Å²) in [5.41, 5.74) is 6.16. The van der Waals surface area contributed by atoms with Crippen molar-refractivity contribution in [3.63, 3.8) is 0 Å². The lowest BCUT2D eigenvalue weighted by Gasteiger charge is -2.26. The van der Waals surface area contributed by atoms with Crippen molar-refractivity contribution in [2.75, 3.05) is 17.5 Å². The maximum Gasteiger partial charge on any atom is 0.264 e. The van der Waals surface area contributed by atoms with E-state index in [-0.39, 0.29) is 23.5 Å². The number of amides is 2. The molecule has 222 valence electrons. The lowest BCUT2D eigenvalue weighted by Crippen LogP contribution is -2.40.